The monoisotopic (exact) mass is 305 g/mol. The highest BCUT2D eigenvalue weighted by Crippen LogP contribution is 2.33. The Balaban J connectivity index is 0.00000225. The number of benzene rings is 1. The van der Waals surface area contributed by atoms with Crippen LogP contribution in [0, 0.1) is 11.3 Å². The average Bonchev–Trinajstić information content (AvgIpc) is 2.22. The van der Waals surface area contributed by atoms with Gasteiger partial charge in [-0.3, -0.25) is 0 Å². The molecule has 0 saturated carbocycles. The second-order valence-corrected chi connectivity index (χ2v) is 4.05. The van der Waals surface area contributed by atoms with Crippen LogP contribution in [-0.4, -0.2) is 11.7 Å². The normalized spacial score (nSPS) is 11.4. The number of phenolic OH excluding ortho intramolecular Hbond substituents is 1. The molecule has 0 bridgehead atoms. The fourth-order valence-electron chi connectivity index (χ4n) is 1.30. The number of nitrogens with zero attached hydrogens (tertiary/aromatic N) is 1. The molecule has 0 spiro atoms. The first kappa shape index (κ1) is 15.2. The van der Waals surface area contributed by atoms with Crippen LogP contribution < -0.4 is 11.5 Å². The molecule has 0 fully saturated rings. The van der Waals surface area contributed by atoms with Gasteiger partial charge < -0.3 is 16.6 Å². The standard InChI is InChI=1S/C10H12BrN3O.ClH/c11-8-4-6(5-13)3-7(10(8)15)9(14)1-2-12;/h3-4,9,15H,1-2,12,14H2;1H/t9-;/m1./s1. The topological polar surface area (TPSA) is 96.1 Å². The van der Waals surface area contributed by atoms with E-state index in [2.05, 4.69) is 15.9 Å². The zero-order valence-electron chi connectivity index (χ0n) is 8.48. The third kappa shape index (κ3) is 3.35. The van der Waals surface area contributed by atoms with Gasteiger partial charge in [0.25, 0.3) is 0 Å². The van der Waals surface area contributed by atoms with E-state index in [1.807, 2.05) is 6.07 Å². The number of phenols is 1. The zero-order valence-corrected chi connectivity index (χ0v) is 10.9. The summed E-state index contributed by atoms with van der Waals surface area (Å²) in [6.45, 7) is 0.439. The molecular formula is C10H13BrClN3O. The van der Waals surface area contributed by atoms with Gasteiger partial charge in [-0.2, -0.15) is 5.26 Å². The second-order valence-electron chi connectivity index (χ2n) is 3.19. The number of halogens is 2. The van der Waals surface area contributed by atoms with Crippen LogP contribution in [0.2, 0.25) is 0 Å². The van der Waals surface area contributed by atoms with Crippen LogP contribution in [0.5, 0.6) is 5.75 Å². The van der Waals surface area contributed by atoms with Crippen molar-refractivity contribution in [1.82, 2.24) is 0 Å². The predicted molar refractivity (Wildman–Crippen MR) is 68.4 cm³/mol. The lowest BCUT2D eigenvalue weighted by Gasteiger charge is -2.13. The molecule has 0 amide bonds. The smallest absolute Gasteiger partial charge is 0.134 e. The van der Waals surface area contributed by atoms with Crippen molar-refractivity contribution in [2.45, 2.75) is 12.5 Å². The van der Waals surface area contributed by atoms with Gasteiger partial charge in [0.15, 0.2) is 0 Å². The fraction of sp³-hybridized carbons (Fsp3) is 0.300. The number of hydrogen-bond donors (Lipinski definition) is 3. The third-order valence-corrected chi connectivity index (χ3v) is 2.70. The fourth-order valence-corrected chi connectivity index (χ4v) is 1.78. The molecule has 0 unspecified atom stereocenters. The number of aromatic hydroxyl groups is 1. The molecule has 4 nitrogen and oxygen atoms in total. The minimum Gasteiger partial charge on any atom is -0.506 e. The Morgan fingerprint density at radius 2 is 2.12 bits per heavy atom. The maximum absolute atomic E-state index is 9.74. The summed E-state index contributed by atoms with van der Waals surface area (Å²) in [7, 11) is 0. The van der Waals surface area contributed by atoms with Gasteiger partial charge in [-0.15, -0.1) is 12.4 Å². The van der Waals surface area contributed by atoms with Gasteiger partial charge >= 0.3 is 0 Å². The van der Waals surface area contributed by atoms with E-state index in [0.29, 0.717) is 28.6 Å². The van der Waals surface area contributed by atoms with Crippen LogP contribution in [0.25, 0.3) is 0 Å². The van der Waals surface area contributed by atoms with Crippen molar-refractivity contribution in [2.75, 3.05) is 6.54 Å². The van der Waals surface area contributed by atoms with E-state index in [1.54, 1.807) is 12.1 Å². The van der Waals surface area contributed by atoms with Gasteiger partial charge in [-0.05, 0) is 41.0 Å². The second kappa shape index (κ2) is 6.71. The lowest BCUT2D eigenvalue weighted by Crippen LogP contribution is -2.15. The van der Waals surface area contributed by atoms with Crippen molar-refractivity contribution in [3.8, 4) is 11.8 Å². The average molecular weight is 307 g/mol. The lowest BCUT2D eigenvalue weighted by molar-refractivity contribution is 0.455. The van der Waals surface area contributed by atoms with Gasteiger partial charge in [0.05, 0.1) is 16.1 Å². The van der Waals surface area contributed by atoms with Crippen LogP contribution in [0.15, 0.2) is 16.6 Å². The van der Waals surface area contributed by atoms with E-state index in [0.717, 1.165) is 0 Å². The van der Waals surface area contributed by atoms with E-state index in [4.69, 9.17) is 16.7 Å². The minimum atomic E-state index is -0.348. The number of nitrogens with two attached hydrogens (primary N) is 2. The first-order valence-corrected chi connectivity index (χ1v) is 5.27. The molecule has 0 heterocycles. The van der Waals surface area contributed by atoms with Crippen molar-refractivity contribution in [1.29, 1.82) is 5.26 Å². The summed E-state index contributed by atoms with van der Waals surface area (Å²) in [5.41, 5.74) is 12.2. The van der Waals surface area contributed by atoms with Crippen LogP contribution >= 0.6 is 28.3 Å². The van der Waals surface area contributed by atoms with E-state index >= 15 is 0 Å². The molecule has 0 radical (unpaired) electrons. The maximum atomic E-state index is 9.74. The first-order chi connectivity index (χ1) is 7.10. The van der Waals surface area contributed by atoms with Gasteiger partial charge in [-0.25, -0.2) is 0 Å². The maximum Gasteiger partial charge on any atom is 0.134 e. The van der Waals surface area contributed by atoms with E-state index < -0.39 is 0 Å². The molecule has 1 rings (SSSR count). The lowest BCUT2D eigenvalue weighted by atomic mass is 10.0. The highest BCUT2D eigenvalue weighted by Gasteiger charge is 2.14. The van der Waals surface area contributed by atoms with Gasteiger partial charge in [0, 0.05) is 11.6 Å². The van der Waals surface area contributed by atoms with Gasteiger partial charge in [-0.1, -0.05) is 0 Å². The largest absolute Gasteiger partial charge is 0.506 e. The molecule has 88 valence electrons. The Morgan fingerprint density at radius 3 is 2.62 bits per heavy atom. The number of nitriles is 1. The summed E-state index contributed by atoms with van der Waals surface area (Å²) < 4.78 is 0.476. The zero-order chi connectivity index (χ0) is 11.4. The molecule has 0 aliphatic carbocycles. The highest BCUT2D eigenvalue weighted by atomic mass is 79.9. The van der Waals surface area contributed by atoms with Crippen molar-refractivity contribution in [3.63, 3.8) is 0 Å². The summed E-state index contributed by atoms with van der Waals surface area (Å²) in [5.74, 6) is 0.0787. The molecule has 0 saturated heterocycles. The molecule has 0 aromatic heterocycles. The van der Waals surface area contributed by atoms with Crippen molar-refractivity contribution < 1.29 is 5.11 Å². The Bertz CT molecular complexity index is 406. The van der Waals surface area contributed by atoms with E-state index in [9.17, 15) is 5.11 Å². The molecule has 1 aromatic rings. The summed E-state index contributed by atoms with van der Waals surface area (Å²) in [6, 6.07) is 4.79. The minimum absolute atomic E-state index is 0. The van der Waals surface area contributed by atoms with Crippen LogP contribution in [0.4, 0.5) is 0 Å². The summed E-state index contributed by atoms with van der Waals surface area (Å²) in [4.78, 5) is 0. The van der Waals surface area contributed by atoms with Gasteiger partial charge in [0.1, 0.15) is 5.75 Å². The number of hydrogen-bond acceptors (Lipinski definition) is 4. The van der Waals surface area contributed by atoms with Gasteiger partial charge in [0.2, 0.25) is 0 Å². The first-order valence-electron chi connectivity index (χ1n) is 4.48. The molecule has 6 heteroatoms. The van der Waals surface area contributed by atoms with Crippen molar-refractivity contribution in [2.24, 2.45) is 11.5 Å². The van der Waals surface area contributed by atoms with Crippen molar-refractivity contribution >= 4 is 28.3 Å². The summed E-state index contributed by atoms with van der Waals surface area (Å²) in [5, 5.41) is 18.5. The molecule has 1 atom stereocenters. The highest BCUT2D eigenvalue weighted by molar-refractivity contribution is 9.10. The Kier molecular flexibility index (Phi) is 6.38. The molecule has 5 N–H and O–H groups in total. The summed E-state index contributed by atoms with van der Waals surface area (Å²) in [6.07, 6.45) is 0.564. The molecule has 1 aromatic carbocycles. The van der Waals surface area contributed by atoms with Crippen LogP contribution in [0.1, 0.15) is 23.6 Å². The molecule has 16 heavy (non-hydrogen) atoms. The summed E-state index contributed by atoms with van der Waals surface area (Å²) >= 11 is 3.17. The Morgan fingerprint density at radius 1 is 1.50 bits per heavy atom. The quantitative estimate of drug-likeness (QED) is 0.793. The van der Waals surface area contributed by atoms with E-state index in [-0.39, 0.29) is 24.2 Å². The Hall–Kier alpha value is -0.800. The predicted octanol–water partition coefficient (Wildman–Crippen LogP) is 1.80. The molecule has 0 aliphatic heterocycles. The van der Waals surface area contributed by atoms with E-state index in [1.165, 1.54) is 0 Å². The van der Waals surface area contributed by atoms with Crippen LogP contribution in [-0.2, 0) is 0 Å². The number of rotatable bonds is 3. The Labute approximate surface area is 109 Å². The molecular weight excluding hydrogens is 293 g/mol. The van der Waals surface area contributed by atoms with Crippen molar-refractivity contribution in [3.05, 3.63) is 27.7 Å². The third-order valence-electron chi connectivity index (χ3n) is 2.10. The van der Waals surface area contributed by atoms with Crippen LogP contribution in [0.3, 0.4) is 0 Å². The molecule has 0 aliphatic rings. The SMILES string of the molecule is Cl.N#Cc1cc(Br)c(O)c([C@H](N)CCN)c1.